The molecule has 0 saturated heterocycles. The Kier molecular flexibility index (Phi) is 9.38. The molecule has 5 rings (SSSR count). The first kappa shape index (κ1) is 30.7. The number of halogens is 5. The molecule has 0 saturated carbocycles. The maximum Gasteiger partial charge on any atom is 0.338 e. The Hall–Kier alpha value is -2.78. The van der Waals surface area contributed by atoms with Crippen molar-refractivity contribution in [2.45, 2.75) is 26.5 Å². The number of nitrogens with zero attached hydrogens (tertiary/aromatic N) is 2. The van der Waals surface area contributed by atoms with Crippen LogP contribution < -0.4 is 19.6 Å². The van der Waals surface area contributed by atoms with Crippen LogP contribution in [0.25, 0.3) is 6.08 Å². The van der Waals surface area contributed by atoms with Crippen LogP contribution in [0.3, 0.4) is 0 Å². The van der Waals surface area contributed by atoms with Gasteiger partial charge in [-0.3, -0.25) is 9.36 Å². The highest BCUT2D eigenvalue weighted by atomic mass is 35.5. The van der Waals surface area contributed by atoms with Gasteiger partial charge in [0.1, 0.15) is 18.4 Å². The summed E-state index contributed by atoms with van der Waals surface area (Å²) in [6.07, 6.45) is 1.64. The van der Waals surface area contributed by atoms with Crippen LogP contribution >= 0.6 is 69.3 Å². The highest BCUT2D eigenvalue weighted by Gasteiger charge is 2.34. The molecular weight excluding hydrogens is 662 g/mol. The van der Waals surface area contributed by atoms with Crippen molar-refractivity contribution in [3.05, 3.63) is 127 Å². The lowest BCUT2D eigenvalue weighted by molar-refractivity contribution is -0.139. The Morgan fingerprint density at radius 2 is 1.76 bits per heavy atom. The predicted octanol–water partition coefficient (Wildman–Crippen LogP) is 7.64. The number of carbonyl (C=O) groups is 1. The number of carbonyl (C=O) groups excluding carboxylic acids is 1. The lowest BCUT2D eigenvalue weighted by atomic mass is 9.96. The second-order valence-corrected chi connectivity index (χ2v) is 12.2. The van der Waals surface area contributed by atoms with Gasteiger partial charge in [0.2, 0.25) is 0 Å². The van der Waals surface area contributed by atoms with E-state index in [2.05, 4.69) is 4.99 Å². The summed E-state index contributed by atoms with van der Waals surface area (Å²) in [4.78, 5) is 32.1. The highest BCUT2D eigenvalue weighted by Crippen LogP contribution is 2.36. The van der Waals surface area contributed by atoms with Crippen LogP contribution in [0.15, 0.2) is 75.7 Å². The first-order valence-corrected chi connectivity index (χ1v) is 15.3. The molecular formula is C30H21Cl5N2O4S. The minimum absolute atomic E-state index is 0.134. The molecule has 0 amide bonds. The number of hydrogen-bond donors (Lipinski definition) is 0. The van der Waals surface area contributed by atoms with Crippen LogP contribution in [0.4, 0.5) is 0 Å². The van der Waals surface area contributed by atoms with Gasteiger partial charge in [0.15, 0.2) is 4.80 Å². The first-order chi connectivity index (χ1) is 20.1. The largest absolute Gasteiger partial charge is 0.487 e. The van der Waals surface area contributed by atoms with Crippen molar-refractivity contribution in [2.75, 3.05) is 6.61 Å². The quantitative estimate of drug-likeness (QED) is 0.188. The Morgan fingerprint density at radius 1 is 1.00 bits per heavy atom. The van der Waals surface area contributed by atoms with Crippen LogP contribution in [0.1, 0.15) is 36.6 Å². The van der Waals surface area contributed by atoms with Gasteiger partial charge >= 0.3 is 5.97 Å². The van der Waals surface area contributed by atoms with Gasteiger partial charge < -0.3 is 9.47 Å². The van der Waals surface area contributed by atoms with Crippen LogP contribution in [0.2, 0.25) is 25.1 Å². The minimum Gasteiger partial charge on any atom is -0.487 e. The smallest absolute Gasteiger partial charge is 0.338 e. The second kappa shape index (κ2) is 12.8. The molecule has 1 aliphatic rings. The second-order valence-electron chi connectivity index (χ2n) is 9.17. The number of allylic oxidation sites excluding steroid dienone is 1. The van der Waals surface area contributed by atoms with Gasteiger partial charge in [-0.1, -0.05) is 93.6 Å². The van der Waals surface area contributed by atoms with E-state index in [1.165, 1.54) is 4.57 Å². The summed E-state index contributed by atoms with van der Waals surface area (Å²) in [5.74, 6) is -0.249. The van der Waals surface area contributed by atoms with Gasteiger partial charge in [0.25, 0.3) is 5.56 Å². The number of ether oxygens (including phenoxy) is 2. The van der Waals surface area contributed by atoms with E-state index < -0.39 is 12.0 Å². The third-order valence-corrected chi connectivity index (χ3v) is 8.97. The summed E-state index contributed by atoms with van der Waals surface area (Å²) in [5.41, 5.74) is 2.10. The van der Waals surface area contributed by atoms with Crippen molar-refractivity contribution in [2.24, 2.45) is 4.99 Å². The summed E-state index contributed by atoms with van der Waals surface area (Å²) in [7, 11) is 0. The first-order valence-electron chi connectivity index (χ1n) is 12.6. The molecule has 0 bridgehead atoms. The number of aromatic nitrogens is 1. The molecule has 0 N–H and O–H groups in total. The minimum atomic E-state index is -0.843. The van der Waals surface area contributed by atoms with Gasteiger partial charge in [-0.25, -0.2) is 9.79 Å². The zero-order chi connectivity index (χ0) is 30.1. The number of hydrogen-bond acceptors (Lipinski definition) is 6. The molecule has 4 aromatic rings. The van der Waals surface area contributed by atoms with Crippen molar-refractivity contribution < 1.29 is 14.3 Å². The van der Waals surface area contributed by atoms with Crippen molar-refractivity contribution in [1.82, 2.24) is 4.57 Å². The Labute approximate surface area is 270 Å². The van der Waals surface area contributed by atoms with Crippen LogP contribution in [-0.4, -0.2) is 17.1 Å². The van der Waals surface area contributed by atoms with Gasteiger partial charge in [-0.05, 0) is 61.4 Å². The number of esters is 1. The predicted molar refractivity (Wildman–Crippen MR) is 169 cm³/mol. The van der Waals surface area contributed by atoms with E-state index in [0.29, 0.717) is 52.0 Å². The monoisotopic (exact) mass is 680 g/mol. The van der Waals surface area contributed by atoms with Crippen LogP contribution in [-0.2, 0) is 16.1 Å². The molecule has 3 aromatic carbocycles. The van der Waals surface area contributed by atoms with Crippen molar-refractivity contribution in [3.63, 3.8) is 0 Å². The lowest BCUT2D eigenvalue weighted by Gasteiger charge is -2.25. The molecule has 1 atom stereocenters. The Bertz CT molecular complexity index is 1930. The Morgan fingerprint density at radius 3 is 2.48 bits per heavy atom. The normalized spacial score (nSPS) is 14.9. The van der Waals surface area contributed by atoms with E-state index in [4.69, 9.17) is 67.5 Å². The Balaban J connectivity index is 1.65. The molecule has 1 aromatic heterocycles. The molecule has 216 valence electrons. The highest BCUT2D eigenvalue weighted by molar-refractivity contribution is 7.07. The number of thiazole rings is 1. The molecule has 0 radical (unpaired) electrons. The fourth-order valence-electron chi connectivity index (χ4n) is 4.55. The van der Waals surface area contributed by atoms with Crippen LogP contribution in [0.5, 0.6) is 5.75 Å². The SMILES string of the molecule is CCOC(=O)C1=C(C)N=c2s/c(=C\c3cc(Cl)cc(Cl)c3OCc3ccc(Cl)c(Cl)c3)c(=O)n2[C@@H]1c1ccccc1Cl. The van der Waals surface area contributed by atoms with Crippen LogP contribution in [0, 0.1) is 0 Å². The average Bonchev–Trinajstić information content (AvgIpc) is 3.23. The van der Waals surface area contributed by atoms with Gasteiger partial charge in [-0.2, -0.15) is 0 Å². The zero-order valence-electron chi connectivity index (χ0n) is 22.1. The molecule has 0 fully saturated rings. The maximum atomic E-state index is 14.0. The maximum absolute atomic E-state index is 14.0. The molecule has 0 spiro atoms. The summed E-state index contributed by atoms with van der Waals surface area (Å²) in [6.45, 7) is 3.72. The summed E-state index contributed by atoms with van der Waals surface area (Å²) in [6, 6.07) is 14.6. The zero-order valence-corrected chi connectivity index (χ0v) is 26.7. The van der Waals surface area contributed by atoms with Crippen molar-refractivity contribution >= 4 is 81.4 Å². The molecule has 6 nitrogen and oxygen atoms in total. The molecule has 42 heavy (non-hydrogen) atoms. The van der Waals surface area contributed by atoms with Crippen molar-refractivity contribution in [1.29, 1.82) is 0 Å². The van der Waals surface area contributed by atoms with E-state index in [1.807, 2.05) is 0 Å². The fraction of sp³-hybridized carbons (Fsp3) is 0.167. The number of fused-ring (bicyclic) bond motifs is 1. The average molecular weight is 683 g/mol. The fourth-order valence-corrected chi connectivity index (χ4v) is 6.71. The van der Waals surface area contributed by atoms with Gasteiger partial charge in [0, 0.05) is 15.6 Å². The standard InChI is InChI=1S/C30H21Cl5N2O4S/c1-3-40-29(39)25-15(2)36-30-37(26(25)19-6-4-5-7-20(19)32)28(38)24(42-30)12-17-11-18(31)13-23(35)27(17)41-14-16-8-9-21(33)22(34)10-16/h4-13,26H,3,14H2,1-2H3/b24-12-/t26-/m1/s1. The number of benzene rings is 3. The van der Waals surface area contributed by atoms with E-state index >= 15 is 0 Å². The molecule has 2 heterocycles. The summed E-state index contributed by atoms with van der Waals surface area (Å²) < 4.78 is 13.2. The van der Waals surface area contributed by atoms with E-state index in [1.54, 1.807) is 74.5 Å². The molecule has 0 aliphatic carbocycles. The third-order valence-electron chi connectivity index (χ3n) is 6.41. The van der Waals surface area contributed by atoms with Crippen molar-refractivity contribution in [3.8, 4) is 5.75 Å². The summed E-state index contributed by atoms with van der Waals surface area (Å²) in [5, 5.41) is 1.84. The van der Waals surface area contributed by atoms with E-state index in [-0.39, 0.29) is 29.4 Å². The molecule has 0 unspecified atom stereocenters. The third kappa shape index (κ3) is 6.13. The molecule has 1 aliphatic heterocycles. The van der Waals surface area contributed by atoms with E-state index in [9.17, 15) is 9.59 Å². The lowest BCUT2D eigenvalue weighted by Crippen LogP contribution is -2.40. The molecule has 12 heteroatoms. The summed E-state index contributed by atoms with van der Waals surface area (Å²) >= 11 is 32.8. The van der Waals surface area contributed by atoms with Gasteiger partial charge in [-0.15, -0.1) is 0 Å². The number of rotatable bonds is 7. The van der Waals surface area contributed by atoms with E-state index in [0.717, 1.165) is 16.9 Å². The topological polar surface area (TPSA) is 69.9 Å². The van der Waals surface area contributed by atoms with Gasteiger partial charge in [0.05, 0.1) is 37.5 Å².